The Morgan fingerprint density at radius 1 is 0.429 bits per heavy atom. The zero-order valence-corrected chi connectivity index (χ0v) is 40.2. The summed E-state index contributed by atoms with van der Waals surface area (Å²) >= 11 is 0. The lowest BCUT2D eigenvalue weighted by Gasteiger charge is -2.18. The molecule has 5 atom stereocenters. The second-order valence-electron chi connectivity index (χ2n) is 17.0. The molecule has 7 N–H and O–H groups in total. The summed E-state index contributed by atoms with van der Waals surface area (Å²) in [6, 6.07) is 1.40. The number of nitrogens with two attached hydrogens (primary N) is 1. The third-order valence-corrected chi connectivity index (χ3v) is 9.33. The molecule has 0 aromatic carbocycles. The van der Waals surface area contributed by atoms with Gasteiger partial charge in [0.2, 0.25) is 29.5 Å². The lowest BCUT2D eigenvalue weighted by Crippen LogP contribution is -2.40. The molecule has 0 aliphatic rings. The van der Waals surface area contributed by atoms with Gasteiger partial charge in [0, 0.05) is 62.4 Å². The lowest BCUT2D eigenvalue weighted by molar-refractivity contribution is -0.123. The fourth-order valence-corrected chi connectivity index (χ4v) is 3.45. The maximum Gasteiger partial charge on any atom is 0.234 e. The Balaban J connectivity index is -0.000000194. The SMILES string of the molecule is CC(C)C(C)NC(=O)CCN.CC(C)C(C)NC(=O)CN(C)C.CCC(=O)NC(C)C(C)C.CCCC(=O)NC(C)C(C)C.CCCCC(=O)NC(C)C(C)C. The third-order valence-electron chi connectivity index (χ3n) is 9.33. The van der Waals surface area contributed by atoms with Crippen LogP contribution in [0.3, 0.4) is 0 Å². The second-order valence-corrected chi connectivity index (χ2v) is 17.0. The van der Waals surface area contributed by atoms with E-state index in [1.165, 1.54) is 0 Å². The number of hydrogen-bond acceptors (Lipinski definition) is 7. The molecule has 0 aliphatic carbocycles. The van der Waals surface area contributed by atoms with Gasteiger partial charge in [-0.2, -0.15) is 0 Å². The minimum Gasteiger partial charge on any atom is -0.353 e. The topological polar surface area (TPSA) is 175 Å². The van der Waals surface area contributed by atoms with E-state index in [1.807, 2.05) is 60.5 Å². The first-order chi connectivity index (χ1) is 25.7. The number of likely N-dealkylation sites (N-methyl/N-ethyl adjacent to an activating group) is 1. The van der Waals surface area contributed by atoms with Gasteiger partial charge >= 0.3 is 0 Å². The maximum atomic E-state index is 11.2. The summed E-state index contributed by atoms with van der Waals surface area (Å²) in [4.78, 5) is 57.1. The van der Waals surface area contributed by atoms with Crippen LogP contribution in [-0.4, -0.2) is 91.8 Å². The molecular weight excluding hydrogens is 707 g/mol. The maximum absolute atomic E-state index is 11.2. The van der Waals surface area contributed by atoms with E-state index in [4.69, 9.17) is 5.73 Å². The van der Waals surface area contributed by atoms with Crippen molar-refractivity contribution in [3.63, 3.8) is 0 Å². The molecule has 0 spiro atoms. The van der Waals surface area contributed by atoms with Crippen molar-refractivity contribution < 1.29 is 24.0 Å². The van der Waals surface area contributed by atoms with Gasteiger partial charge in [0.15, 0.2) is 0 Å². The van der Waals surface area contributed by atoms with Crippen LogP contribution >= 0.6 is 0 Å². The Morgan fingerprint density at radius 2 is 0.714 bits per heavy atom. The molecule has 0 heterocycles. The Morgan fingerprint density at radius 3 is 0.964 bits per heavy atom. The lowest BCUT2D eigenvalue weighted by atomic mass is 10.1. The highest BCUT2D eigenvalue weighted by Crippen LogP contribution is 2.03. The summed E-state index contributed by atoms with van der Waals surface area (Å²) in [5, 5.41) is 14.6. The van der Waals surface area contributed by atoms with Crippen molar-refractivity contribution >= 4 is 29.5 Å². The number of nitrogens with one attached hydrogen (secondary N) is 5. The van der Waals surface area contributed by atoms with Crippen molar-refractivity contribution in [3.8, 4) is 0 Å². The standard InChI is InChI=1S/C10H21NO.C9H20N2O.C9H19NO.C8H18N2O.C8H17NO/c1-5-6-7-10(12)11-9(4)8(2)3;1-7(2)8(3)10-9(12)6-11(4)5;1-5-6-9(11)10-8(4)7(2)3;1-6(2)7(3)10-8(11)4-5-9;1-5-8(10)9-7(4)6(2)3/h8-9H,5-7H2,1-4H3,(H,11,12);7-8H,6H2,1-5H3,(H,10,12);7-8H,5-6H2,1-4H3,(H,10,11);6-7H,4-5,9H2,1-3H3,(H,10,11);6-7H,5H2,1-4H3,(H,9,10). The van der Waals surface area contributed by atoms with Gasteiger partial charge in [-0.15, -0.1) is 0 Å². The fourth-order valence-electron chi connectivity index (χ4n) is 3.45. The predicted octanol–water partition coefficient (Wildman–Crippen LogP) is 7.05. The number of nitrogens with zero attached hydrogens (tertiary/aromatic N) is 1. The van der Waals surface area contributed by atoms with Crippen LogP contribution in [0.25, 0.3) is 0 Å². The molecule has 0 fully saturated rings. The van der Waals surface area contributed by atoms with Crippen LogP contribution in [0, 0.1) is 29.6 Å². The van der Waals surface area contributed by atoms with Gasteiger partial charge in [-0.05, 0) is 91.1 Å². The van der Waals surface area contributed by atoms with Crippen LogP contribution in [0.5, 0.6) is 0 Å². The molecule has 5 unspecified atom stereocenters. The summed E-state index contributed by atoms with van der Waals surface area (Å²) < 4.78 is 0. The van der Waals surface area contributed by atoms with E-state index < -0.39 is 0 Å². The van der Waals surface area contributed by atoms with Crippen molar-refractivity contribution in [1.29, 1.82) is 0 Å². The third kappa shape index (κ3) is 45.7. The van der Waals surface area contributed by atoms with Gasteiger partial charge in [0.25, 0.3) is 0 Å². The molecule has 0 aromatic rings. The first-order valence-corrected chi connectivity index (χ1v) is 21.5. The average Bonchev–Trinajstić information content (AvgIpc) is 3.07. The summed E-state index contributed by atoms with van der Waals surface area (Å²) in [6.07, 6.45) is 5.34. The number of rotatable bonds is 20. The van der Waals surface area contributed by atoms with E-state index >= 15 is 0 Å². The zero-order chi connectivity index (χ0) is 45.1. The molecule has 12 heteroatoms. The average molecular weight is 802 g/mol. The van der Waals surface area contributed by atoms with Gasteiger partial charge in [-0.1, -0.05) is 96.4 Å². The molecule has 0 saturated carbocycles. The minimum absolute atomic E-state index is 0.0497. The van der Waals surface area contributed by atoms with Gasteiger partial charge < -0.3 is 37.2 Å². The summed E-state index contributed by atoms with van der Waals surface area (Å²) in [7, 11) is 3.78. The van der Waals surface area contributed by atoms with Crippen molar-refractivity contribution in [2.75, 3.05) is 27.2 Å². The van der Waals surface area contributed by atoms with Gasteiger partial charge in [-0.25, -0.2) is 0 Å². The van der Waals surface area contributed by atoms with E-state index in [9.17, 15) is 24.0 Å². The number of amides is 5. The smallest absolute Gasteiger partial charge is 0.234 e. The van der Waals surface area contributed by atoms with E-state index in [0.29, 0.717) is 86.5 Å². The molecule has 0 saturated heterocycles. The monoisotopic (exact) mass is 802 g/mol. The predicted molar refractivity (Wildman–Crippen MR) is 239 cm³/mol. The molecule has 0 aromatic heterocycles. The minimum atomic E-state index is 0.0497. The van der Waals surface area contributed by atoms with E-state index in [2.05, 4.69) is 110 Å². The molecular formula is C44H95N7O5. The first-order valence-electron chi connectivity index (χ1n) is 21.5. The van der Waals surface area contributed by atoms with Gasteiger partial charge in [-0.3, -0.25) is 24.0 Å². The first kappa shape index (κ1) is 62.5. The molecule has 0 rings (SSSR count). The van der Waals surface area contributed by atoms with Gasteiger partial charge in [0.05, 0.1) is 6.54 Å². The van der Waals surface area contributed by atoms with Crippen molar-refractivity contribution in [3.05, 3.63) is 0 Å². The van der Waals surface area contributed by atoms with Crippen LogP contribution in [0.1, 0.15) is 170 Å². The highest BCUT2D eigenvalue weighted by atomic mass is 16.2. The quantitative estimate of drug-likeness (QED) is 0.0765. The van der Waals surface area contributed by atoms with Crippen LogP contribution in [-0.2, 0) is 24.0 Å². The normalized spacial score (nSPS) is 13.3. The molecule has 0 bridgehead atoms. The highest BCUT2D eigenvalue weighted by Gasteiger charge is 2.12. The number of unbranched alkanes of at least 4 members (excludes halogenated alkanes) is 1. The Kier molecular flexibility index (Phi) is 43.6. The number of carbonyl (C=O) groups is 5. The molecule has 0 radical (unpaired) electrons. The number of hydrogen-bond donors (Lipinski definition) is 6. The molecule has 56 heavy (non-hydrogen) atoms. The summed E-state index contributed by atoms with van der Waals surface area (Å²) in [5.41, 5.74) is 5.22. The number of carbonyl (C=O) groups excluding carboxylic acids is 5. The van der Waals surface area contributed by atoms with E-state index in [0.717, 1.165) is 19.3 Å². The Hall–Kier alpha value is -2.73. The van der Waals surface area contributed by atoms with Crippen LogP contribution < -0.4 is 32.3 Å². The van der Waals surface area contributed by atoms with Crippen molar-refractivity contribution in [2.24, 2.45) is 35.3 Å². The van der Waals surface area contributed by atoms with E-state index in [1.54, 1.807) is 0 Å². The van der Waals surface area contributed by atoms with Crippen LogP contribution in [0.4, 0.5) is 0 Å². The van der Waals surface area contributed by atoms with Crippen molar-refractivity contribution in [2.45, 2.75) is 200 Å². The molecule has 5 amide bonds. The fraction of sp³-hybridized carbons (Fsp3) is 0.886. The van der Waals surface area contributed by atoms with Gasteiger partial charge in [0.1, 0.15) is 0 Å². The van der Waals surface area contributed by atoms with Crippen LogP contribution in [0.2, 0.25) is 0 Å². The zero-order valence-electron chi connectivity index (χ0n) is 40.2. The van der Waals surface area contributed by atoms with Crippen molar-refractivity contribution in [1.82, 2.24) is 31.5 Å². The summed E-state index contributed by atoms with van der Waals surface area (Å²) in [6.45, 7) is 38.0. The molecule has 12 nitrogen and oxygen atoms in total. The Bertz CT molecular complexity index is 957. The molecule has 336 valence electrons. The molecule has 0 aliphatic heterocycles. The highest BCUT2D eigenvalue weighted by molar-refractivity contribution is 5.78. The second kappa shape index (κ2) is 39.1. The summed E-state index contributed by atoms with van der Waals surface area (Å²) in [5.74, 6) is 3.21. The van der Waals surface area contributed by atoms with E-state index in [-0.39, 0.29) is 41.6 Å². The van der Waals surface area contributed by atoms with Crippen LogP contribution in [0.15, 0.2) is 0 Å². The Labute approximate surface area is 346 Å². The largest absolute Gasteiger partial charge is 0.353 e.